The van der Waals surface area contributed by atoms with Crippen LogP contribution in [0.1, 0.15) is 19.8 Å². The maximum absolute atomic E-state index is 10.6. The first-order valence-corrected chi connectivity index (χ1v) is 3.39. The Morgan fingerprint density at radius 2 is 2.18 bits per heavy atom. The van der Waals surface area contributed by atoms with Gasteiger partial charge < -0.3 is 9.53 Å². The van der Waals surface area contributed by atoms with Gasteiger partial charge in [0.15, 0.2) is 0 Å². The zero-order chi connectivity index (χ0) is 8.69. The third-order valence-electron chi connectivity index (χ3n) is 1.22. The van der Waals surface area contributed by atoms with Crippen molar-refractivity contribution >= 4 is 12.3 Å². The molecule has 0 rings (SSSR count). The first-order chi connectivity index (χ1) is 5.20. The number of allylic oxidation sites excluding steroid dienone is 1. The Morgan fingerprint density at radius 3 is 2.64 bits per heavy atom. The molecule has 0 amide bonds. The summed E-state index contributed by atoms with van der Waals surface area (Å²) in [6.07, 6.45) is 3.30. The maximum Gasteiger partial charge on any atom is 0.330 e. The summed E-state index contributed by atoms with van der Waals surface area (Å²) in [5, 5.41) is 0. The average molecular weight is 156 g/mol. The molecule has 0 unspecified atom stereocenters. The zero-order valence-corrected chi connectivity index (χ0v) is 6.79. The molecule has 0 atom stereocenters. The van der Waals surface area contributed by atoms with E-state index in [4.69, 9.17) is 0 Å². The van der Waals surface area contributed by atoms with Crippen molar-refractivity contribution in [2.75, 3.05) is 7.11 Å². The lowest BCUT2D eigenvalue weighted by molar-refractivity contribution is -0.134. The second-order valence-electron chi connectivity index (χ2n) is 2.22. The molecule has 0 radical (unpaired) electrons. The highest BCUT2D eigenvalue weighted by atomic mass is 16.5. The topological polar surface area (TPSA) is 43.4 Å². The van der Waals surface area contributed by atoms with E-state index in [2.05, 4.69) is 4.74 Å². The van der Waals surface area contributed by atoms with E-state index in [0.717, 1.165) is 11.9 Å². The molecular formula is C8H12O3. The quantitative estimate of drug-likeness (QED) is 0.347. The monoisotopic (exact) mass is 156 g/mol. The average Bonchev–Trinajstić information content (AvgIpc) is 2.00. The summed E-state index contributed by atoms with van der Waals surface area (Å²) >= 11 is 0. The van der Waals surface area contributed by atoms with Gasteiger partial charge in [-0.3, -0.25) is 0 Å². The van der Waals surface area contributed by atoms with E-state index in [1.54, 1.807) is 6.92 Å². The van der Waals surface area contributed by atoms with Crippen molar-refractivity contribution in [3.63, 3.8) is 0 Å². The van der Waals surface area contributed by atoms with Crippen LogP contribution in [0.5, 0.6) is 0 Å². The van der Waals surface area contributed by atoms with Crippen LogP contribution in [0.3, 0.4) is 0 Å². The van der Waals surface area contributed by atoms with Gasteiger partial charge in [-0.1, -0.05) is 5.57 Å². The summed E-state index contributed by atoms with van der Waals surface area (Å²) in [5.41, 5.74) is 0.865. The Balaban J connectivity index is 3.79. The van der Waals surface area contributed by atoms with E-state index in [0.29, 0.717) is 12.8 Å². The van der Waals surface area contributed by atoms with Crippen LogP contribution in [0.25, 0.3) is 0 Å². The molecule has 0 fully saturated rings. The minimum absolute atomic E-state index is 0.367. The minimum atomic E-state index is -0.367. The Labute approximate surface area is 66.0 Å². The van der Waals surface area contributed by atoms with Gasteiger partial charge in [-0.2, -0.15) is 0 Å². The minimum Gasteiger partial charge on any atom is -0.466 e. The van der Waals surface area contributed by atoms with Gasteiger partial charge in [0.25, 0.3) is 0 Å². The molecule has 0 N–H and O–H groups in total. The van der Waals surface area contributed by atoms with Gasteiger partial charge >= 0.3 is 5.97 Å². The van der Waals surface area contributed by atoms with Gasteiger partial charge in [0.2, 0.25) is 0 Å². The lowest BCUT2D eigenvalue weighted by atomic mass is 10.2. The van der Waals surface area contributed by atoms with Gasteiger partial charge in [0.1, 0.15) is 6.29 Å². The van der Waals surface area contributed by atoms with Crippen molar-refractivity contribution in [2.45, 2.75) is 19.8 Å². The van der Waals surface area contributed by atoms with E-state index in [-0.39, 0.29) is 5.97 Å². The van der Waals surface area contributed by atoms with E-state index in [1.807, 2.05) is 0 Å². The number of hydrogen-bond acceptors (Lipinski definition) is 3. The zero-order valence-electron chi connectivity index (χ0n) is 6.79. The molecule has 0 aliphatic rings. The summed E-state index contributed by atoms with van der Waals surface area (Å²) in [5.74, 6) is -0.367. The fourth-order valence-corrected chi connectivity index (χ4v) is 0.619. The van der Waals surface area contributed by atoms with Crippen LogP contribution in [0.4, 0.5) is 0 Å². The van der Waals surface area contributed by atoms with Crippen molar-refractivity contribution in [2.24, 2.45) is 0 Å². The van der Waals surface area contributed by atoms with Gasteiger partial charge in [-0.25, -0.2) is 4.79 Å². The molecule has 11 heavy (non-hydrogen) atoms. The van der Waals surface area contributed by atoms with Gasteiger partial charge in [0.05, 0.1) is 7.11 Å². The van der Waals surface area contributed by atoms with E-state index >= 15 is 0 Å². The molecule has 0 heterocycles. The highest BCUT2D eigenvalue weighted by molar-refractivity contribution is 5.82. The SMILES string of the molecule is COC(=O)/C=C(\C)CCC=O. The molecule has 0 aliphatic carbocycles. The number of carbonyl (C=O) groups is 2. The van der Waals surface area contributed by atoms with Crippen molar-refractivity contribution < 1.29 is 14.3 Å². The molecule has 0 aromatic heterocycles. The molecule has 0 saturated carbocycles. The second kappa shape index (κ2) is 5.65. The van der Waals surface area contributed by atoms with E-state index in [1.165, 1.54) is 13.2 Å². The van der Waals surface area contributed by atoms with Crippen molar-refractivity contribution in [1.82, 2.24) is 0 Å². The molecule has 0 spiro atoms. The first kappa shape index (κ1) is 9.88. The highest BCUT2D eigenvalue weighted by Crippen LogP contribution is 2.01. The lowest BCUT2D eigenvalue weighted by Gasteiger charge is -1.95. The molecule has 0 aliphatic heterocycles. The molecule has 0 saturated heterocycles. The molecule has 3 nitrogen and oxygen atoms in total. The van der Waals surface area contributed by atoms with Crippen LogP contribution in [0, 0.1) is 0 Å². The Morgan fingerprint density at radius 1 is 1.55 bits per heavy atom. The number of esters is 1. The summed E-state index contributed by atoms with van der Waals surface area (Å²) in [6, 6.07) is 0. The third-order valence-corrected chi connectivity index (χ3v) is 1.22. The van der Waals surface area contributed by atoms with E-state index in [9.17, 15) is 9.59 Å². The number of carbonyl (C=O) groups excluding carboxylic acids is 2. The van der Waals surface area contributed by atoms with Gasteiger partial charge in [0, 0.05) is 12.5 Å². The number of rotatable bonds is 4. The molecule has 3 heteroatoms. The largest absolute Gasteiger partial charge is 0.466 e. The fraction of sp³-hybridized carbons (Fsp3) is 0.500. The molecule has 0 aromatic carbocycles. The van der Waals surface area contributed by atoms with Crippen LogP contribution < -0.4 is 0 Å². The number of hydrogen-bond donors (Lipinski definition) is 0. The molecular weight excluding hydrogens is 144 g/mol. The van der Waals surface area contributed by atoms with Crippen molar-refractivity contribution in [3.8, 4) is 0 Å². The smallest absolute Gasteiger partial charge is 0.330 e. The predicted molar refractivity (Wildman–Crippen MR) is 41.1 cm³/mol. The number of ether oxygens (including phenoxy) is 1. The molecule has 62 valence electrons. The number of methoxy groups -OCH3 is 1. The standard InChI is InChI=1S/C8H12O3/c1-7(4-3-5-9)6-8(10)11-2/h5-6H,3-4H2,1-2H3/b7-6+. The summed E-state index contributed by atoms with van der Waals surface area (Å²) in [4.78, 5) is 20.5. The van der Waals surface area contributed by atoms with Gasteiger partial charge in [-0.05, 0) is 13.3 Å². The van der Waals surface area contributed by atoms with Crippen LogP contribution >= 0.6 is 0 Å². The Kier molecular flexibility index (Phi) is 5.07. The normalized spacial score (nSPS) is 10.9. The number of aldehydes is 1. The Bertz CT molecular complexity index is 170. The summed E-state index contributed by atoms with van der Waals surface area (Å²) in [6.45, 7) is 1.79. The maximum atomic E-state index is 10.6. The summed E-state index contributed by atoms with van der Waals surface area (Å²) < 4.78 is 4.40. The van der Waals surface area contributed by atoms with Crippen LogP contribution in [-0.2, 0) is 14.3 Å². The van der Waals surface area contributed by atoms with Crippen molar-refractivity contribution in [3.05, 3.63) is 11.6 Å². The van der Waals surface area contributed by atoms with Crippen LogP contribution in [-0.4, -0.2) is 19.4 Å². The first-order valence-electron chi connectivity index (χ1n) is 3.39. The fourth-order valence-electron chi connectivity index (χ4n) is 0.619. The molecule has 0 bridgehead atoms. The lowest BCUT2D eigenvalue weighted by Crippen LogP contribution is -1.95. The Hall–Kier alpha value is -1.12. The van der Waals surface area contributed by atoms with E-state index < -0.39 is 0 Å². The summed E-state index contributed by atoms with van der Waals surface area (Å²) in [7, 11) is 1.33. The molecule has 0 aromatic rings. The third kappa shape index (κ3) is 5.33. The predicted octanol–water partition coefficient (Wildman–Crippen LogP) is 1.08. The van der Waals surface area contributed by atoms with Gasteiger partial charge in [-0.15, -0.1) is 0 Å². The van der Waals surface area contributed by atoms with Crippen LogP contribution in [0.15, 0.2) is 11.6 Å². The van der Waals surface area contributed by atoms with Crippen LogP contribution in [0.2, 0.25) is 0 Å². The van der Waals surface area contributed by atoms with Crippen molar-refractivity contribution in [1.29, 1.82) is 0 Å². The second-order valence-corrected chi connectivity index (χ2v) is 2.22. The highest BCUT2D eigenvalue weighted by Gasteiger charge is 1.95.